The third-order valence-corrected chi connectivity index (χ3v) is 3.41. The number of hydrogen-bond donors (Lipinski definition) is 2. The average Bonchev–Trinajstić information content (AvgIpc) is 2.90. The minimum atomic E-state index is 0.0938. The van der Waals surface area contributed by atoms with Crippen molar-refractivity contribution < 1.29 is 9.15 Å². The normalized spacial score (nSPS) is 11.8. The molecule has 0 saturated heterocycles. The summed E-state index contributed by atoms with van der Waals surface area (Å²) >= 11 is 0. The number of para-hydroxylation sites is 1. The number of anilines is 2. The average molecular weight is 296 g/mol. The molecule has 1 aromatic carbocycles. The summed E-state index contributed by atoms with van der Waals surface area (Å²) in [5.41, 5.74) is 14.7. The fourth-order valence-corrected chi connectivity index (χ4v) is 2.40. The van der Waals surface area contributed by atoms with Crippen molar-refractivity contribution in [1.29, 1.82) is 0 Å². The molecule has 0 saturated carbocycles. The van der Waals surface area contributed by atoms with E-state index in [0.29, 0.717) is 16.9 Å². The van der Waals surface area contributed by atoms with E-state index in [1.807, 2.05) is 37.3 Å². The number of nitrogens with zero attached hydrogens (tertiary/aromatic N) is 2. The van der Waals surface area contributed by atoms with Crippen molar-refractivity contribution in [2.24, 2.45) is 0 Å². The zero-order valence-corrected chi connectivity index (χ0v) is 12.3. The van der Waals surface area contributed by atoms with E-state index in [1.165, 1.54) is 0 Å². The summed E-state index contributed by atoms with van der Waals surface area (Å²) in [4.78, 5) is 8.02. The zero-order chi connectivity index (χ0) is 15.7. The van der Waals surface area contributed by atoms with Gasteiger partial charge in [-0.05, 0) is 24.6 Å². The van der Waals surface area contributed by atoms with Gasteiger partial charge < -0.3 is 20.6 Å². The van der Waals surface area contributed by atoms with Crippen LogP contribution in [0.4, 0.5) is 11.8 Å². The second kappa shape index (κ2) is 5.40. The molecule has 6 heteroatoms. The number of hydrogen-bond acceptors (Lipinski definition) is 6. The van der Waals surface area contributed by atoms with Gasteiger partial charge in [0.2, 0.25) is 11.7 Å². The number of nitrogen functional groups attached to an aromatic ring is 2. The molecule has 0 aliphatic carbocycles. The standard InChI is InChI=1S/C16H16N4O2/c1-9(11-5-3-4-6-12(11)21-2)7-10-8-22-15-13(10)14(17)19-16(18)20-15/h3-8H,1-2H3,(H4,17,18,19,20)/b9-7-. The highest BCUT2D eigenvalue weighted by Crippen LogP contribution is 2.31. The molecular formula is C16H16N4O2. The SMILES string of the molecule is COc1ccccc1/C(C)=C\c1coc2nc(N)nc(N)c12. The van der Waals surface area contributed by atoms with Crippen LogP contribution in [0.2, 0.25) is 0 Å². The van der Waals surface area contributed by atoms with Crippen LogP contribution in [0, 0.1) is 0 Å². The van der Waals surface area contributed by atoms with Gasteiger partial charge in [-0.1, -0.05) is 18.2 Å². The number of nitrogens with two attached hydrogens (primary N) is 2. The first-order valence-corrected chi connectivity index (χ1v) is 6.72. The number of methoxy groups -OCH3 is 1. The van der Waals surface area contributed by atoms with Gasteiger partial charge in [-0.25, -0.2) is 0 Å². The maximum atomic E-state index is 5.93. The summed E-state index contributed by atoms with van der Waals surface area (Å²) in [6, 6.07) is 7.79. The molecule has 112 valence electrons. The molecule has 0 unspecified atom stereocenters. The maximum absolute atomic E-state index is 5.93. The highest BCUT2D eigenvalue weighted by atomic mass is 16.5. The zero-order valence-electron chi connectivity index (χ0n) is 12.3. The van der Waals surface area contributed by atoms with Gasteiger partial charge in [-0.2, -0.15) is 9.97 Å². The molecule has 4 N–H and O–H groups in total. The van der Waals surface area contributed by atoms with Gasteiger partial charge in [0, 0.05) is 11.1 Å². The number of benzene rings is 1. The van der Waals surface area contributed by atoms with E-state index in [4.69, 9.17) is 20.6 Å². The van der Waals surface area contributed by atoms with Crippen molar-refractivity contribution in [1.82, 2.24) is 9.97 Å². The largest absolute Gasteiger partial charge is 0.496 e. The molecule has 0 bridgehead atoms. The van der Waals surface area contributed by atoms with E-state index in [1.54, 1.807) is 13.4 Å². The summed E-state index contributed by atoms with van der Waals surface area (Å²) in [5, 5.41) is 0.656. The van der Waals surface area contributed by atoms with E-state index in [9.17, 15) is 0 Å². The van der Waals surface area contributed by atoms with Gasteiger partial charge in [0.25, 0.3) is 0 Å². The van der Waals surface area contributed by atoms with Crippen LogP contribution in [-0.2, 0) is 0 Å². The lowest BCUT2D eigenvalue weighted by molar-refractivity contribution is 0.413. The van der Waals surface area contributed by atoms with Crippen molar-refractivity contribution in [3.63, 3.8) is 0 Å². The molecule has 3 aromatic rings. The number of ether oxygens (including phenoxy) is 1. The van der Waals surface area contributed by atoms with Gasteiger partial charge in [0.1, 0.15) is 17.8 Å². The third-order valence-electron chi connectivity index (χ3n) is 3.41. The molecule has 0 radical (unpaired) electrons. The number of furan rings is 1. The Morgan fingerprint density at radius 1 is 1.23 bits per heavy atom. The van der Waals surface area contributed by atoms with Crippen molar-refractivity contribution in [3.8, 4) is 5.75 Å². The molecule has 2 aromatic heterocycles. The van der Waals surface area contributed by atoms with Crippen LogP contribution in [-0.4, -0.2) is 17.1 Å². The second-order valence-corrected chi connectivity index (χ2v) is 4.87. The summed E-state index contributed by atoms with van der Waals surface area (Å²) < 4.78 is 10.8. The number of aromatic nitrogens is 2. The Balaban J connectivity index is 2.12. The number of allylic oxidation sites excluding steroid dienone is 1. The van der Waals surface area contributed by atoms with Crippen molar-refractivity contribution >= 4 is 34.5 Å². The topological polar surface area (TPSA) is 100 Å². The molecule has 22 heavy (non-hydrogen) atoms. The maximum Gasteiger partial charge on any atom is 0.233 e. The molecular weight excluding hydrogens is 280 g/mol. The van der Waals surface area contributed by atoms with Crippen LogP contribution in [0.1, 0.15) is 18.1 Å². The van der Waals surface area contributed by atoms with Gasteiger partial charge in [-0.15, -0.1) is 0 Å². The van der Waals surface area contributed by atoms with Crippen LogP contribution in [0.5, 0.6) is 5.75 Å². The summed E-state index contributed by atoms with van der Waals surface area (Å²) in [5.74, 6) is 1.20. The summed E-state index contributed by atoms with van der Waals surface area (Å²) in [6.07, 6.45) is 3.55. The van der Waals surface area contributed by atoms with Gasteiger partial charge >= 0.3 is 0 Å². The molecule has 2 heterocycles. The first kappa shape index (κ1) is 13.9. The predicted octanol–water partition coefficient (Wildman–Crippen LogP) is 2.96. The van der Waals surface area contributed by atoms with E-state index in [0.717, 1.165) is 22.4 Å². The molecule has 0 fully saturated rings. The van der Waals surface area contributed by atoms with Crippen LogP contribution in [0.15, 0.2) is 34.9 Å². The minimum absolute atomic E-state index is 0.0938. The van der Waals surface area contributed by atoms with E-state index in [-0.39, 0.29) is 5.95 Å². The van der Waals surface area contributed by atoms with Gasteiger partial charge in [0.05, 0.1) is 12.5 Å². The Morgan fingerprint density at radius 2 is 2.00 bits per heavy atom. The second-order valence-electron chi connectivity index (χ2n) is 4.87. The summed E-state index contributed by atoms with van der Waals surface area (Å²) in [7, 11) is 1.65. The number of rotatable bonds is 3. The Labute approximate surface area is 127 Å². The summed E-state index contributed by atoms with van der Waals surface area (Å²) in [6.45, 7) is 1.99. The Morgan fingerprint density at radius 3 is 2.77 bits per heavy atom. The molecule has 0 atom stereocenters. The molecule has 6 nitrogen and oxygen atoms in total. The number of fused-ring (bicyclic) bond motifs is 1. The highest BCUT2D eigenvalue weighted by molar-refractivity contribution is 5.97. The van der Waals surface area contributed by atoms with E-state index >= 15 is 0 Å². The lowest BCUT2D eigenvalue weighted by Gasteiger charge is -2.08. The molecule has 0 amide bonds. The van der Waals surface area contributed by atoms with Crippen molar-refractivity contribution in [3.05, 3.63) is 41.7 Å². The Kier molecular flexibility index (Phi) is 3.42. The third kappa shape index (κ3) is 2.35. The Bertz CT molecular complexity index is 868. The molecule has 3 rings (SSSR count). The lowest BCUT2D eigenvalue weighted by Crippen LogP contribution is -1.99. The smallest absolute Gasteiger partial charge is 0.233 e. The van der Waals surface area contributed by atoms with Crippen LogP contribution >= 0.6 is 0 Å². The lowest BCUT2D eigenvalue weighted by atomic mass is 10.0. The fourth-order valence-electron chi connectivity index (χ4n) is 2.40. The first-order valence-electron chi connectivity index (χ1n) is 6.72. The van der Waals surface area contributed by atoms with Crippen LogP contribution < -0.4 is 16.2 Å². The predicted molar refractivity (Wildman–Crippen MR) is 87.2 cm³/mol. The quantitative estimate of drug-likeness (QED) is 0.770. The first-order chi connectivity index (χ1) is 10.6. The van der Waals surface area contributed by atoms with E-state index < -0.39 is 0 Å². The van der Waals surface area contributed by atoms with Crippen LogP contribution in [0.3, 0.4) is 0 Å². The fraction of sp³-hybridized carbons (Fsp3) is 0.125. The minimum Gasteiger partial charge on any atom is -0.496 e. The highest BCUT2D eigenvalue weighted by Gasteiger charge is 2.12. The van der Waals surface area contributed by atoms with Crippen molar-refractivity contribution in [2.45, 2.75) is 6.92 Å². The van der Waals surface area contributed by atoms with Gasteiger partial charge in [-0.3, -0.25) is 0 Å². The molecule has 0 spiro atoms. The Hall–Kier alpha value is -3.02. The van der Waals surface area contributed by atoms with Gasteiger partial charge in [0.15, 0.2) is 0 Å². The molecule has 0 aliphatic rings. The van der Waals surface area contributed by atoms with E-state index in [2.05, 4.69) is 9.97 Å². The molecule has 0 aliphatic heterocycles. The van der Waals surface area contributed by atoms with Crippen molar-refractivity contribution in [2.75, 3.05) is 18.6 Å². The monoisotopic (exact) mass is 296 g/mol. The van der Waals surface area contributed by atoms with Crippen LogP contribution in [0.25, 0.3) is 22.7 Å².